The van der Waals surface area contributed by atoms with Crippen LogP contribution in [-0.2, 0) is 18.1 Å². The smallest absolute Gasteiger partial charge is 0.247 e. The zero-order valence-electron chi connectivity index (χ0n) is 15.3. The average Bonchev–Trinajstić information content (AvgIpc) is 2.99. The molecule has 0 amide bonds. The normalized spacial score (nSPS) is 11.8. The molecule has 0 bridgehead atoms. The van der Waals surface area contributed by atoms with Crippen LogP contribution in [0.1, 0.15) is 5.56 Å². The third-order valence-corrected chi connectivity index (χ3v) is 5.72. The molecule has 0 aliphatic carbocycles. The summed E-state index contributed by atoms with van der Waals surface area (Å²) in [5, 5.41) is 0.129. The van der Waals surface area contributed by atoms with Gasteiger partial charge in [0.05, 0.1) is 6.33 Å². The lowest BCUT2D eigenvalue weighted by Crippen LogP contribution is -2.22. The number of nitrogens with zero attached hydrogens (tertiary/aromatic N) is 4. The summed E-state index contributed by atoms with van der Waals surface area (Å²) in [7, 11) is -1.11. The Bertz CT molecular complexity index is 865. The van der Waals surface area contributed by atoms with Gasteiger partial charge in [-0.15, -0.1) is 0 Å². The lowest BCUT2D eigenvalue weighted by atomic mass is 10.2. The Labute approximate surface area is 159 Å². The quantitative estimate of drug-likeness (QED) is 0.324. The summed E-state index contributed by atoms with van der Waals surface area (Å²) < 4.78 is 13.4. The molecule has 26 heavy (non-hydrogen) atoms. The van der Waals surface area contributed by atoms with Crippen molar-refractivity contribution < 1.29 is 9.47 Å². The molecule has 1 aromatic carbocycles. The Morgan fingerprint density at radius 3 is 2.62 bits per heavy atom. The van der Waals surface area contributed by atoms with E-state index in [1.807, 2.05) is 34.9 Å². The van der Waals surface area contributed by atoms with Crippen molar-refractivity contribution in [2.45, 2.75) is 39.0 Å². The first-order valence-corrected chi connectivity index (χ1v) is 12.6. The minimum absolute atomic E-state index is 0.129. The number of benzene rings is 1. The number of ether oxygens (including phenoxy) is 2. The molecule has 8 heteroatoms. The van der Waals surface area contributed by atoms with E-state index in [1.54, 1.807) is 6.33 Å². The molecule has 0 fully saturated rings. The van der Waals surface area contributed by atoms with E-state index in [1.165, 1.54) is 0 Å². The molecule has 0 aliphatic rings. The van der Waals surface area contributed by atoms with Crippen molar-refractivity contribution in [3.8, 4) is 5.88 Å². The highest BCUT2D eigenvalue weighted by atomic mass is 35.5. The van der Waals surface area contributed by atoms with E-state index in [0.717, 1.165) is 18.2 Å². The molecule has 0 saturated carbocycles. The summed E-state index contributed by atoms with van der Waals surface area (Å²) in [6.45, 7) is 8.48. The van der Waals surface area contributed by atoms with E-state index in [9.17, 15) is 0 Å². The summed E-state index contributed by atoms with van der Waals surface area (Å²) in [4.78, 5) is 12.8. The second-order valence-corrected chi connectivity index (χ2v) is 13.3. The fraction of sp³-hybridized carbons (Fsp3) is 0.389. The van der Waals surface area contributed by atoms with Gasteiger partial charge in [0.25, 0.3) is 0 Å². The molecule has 3 rings (SSSR count). The Hall–Kier alpha value is -1.96. The molecular formula is C18H23ClN4O2Si. The van der Waals surface area contributed by atoms with Gasteiger partial charge in [-0.2, -0.15) is 9.97 Å². The van der Waals surface area contributed by atoms with Crippen molar-refractivity contribution in [3.63, 3.8) is 0 Å². The standard InChI is InChI=1S/C18H23ClN4O2Si/c1-26(2,3)10-9-24-13-23-12-20-15-16(23)21-18(19)22-17(15)25-11-14-7-5-4-6-8-14/h4-8,12H,9-11,13H2,1-3H3. The first-order chi connectivity index (χ1) is 12.4. The summed E-state index contributed by atoms with van der Waals surface area (Å²) in [5.41, 5.74) is 2.24. The van der Waals surface area contributed by atoms with Gasteiger partial charge in [-0.25, -0.2) is 4.98 Å². The molecule has 0 saturated heterocycles. The number of aromatic nitrogens is 4. The van der Waals surface area contributed by atoms with Crippen molar-refractivity contribution in [3.05, 3.63) is 47.5 Å². The number of imidazole rings is 1. The second kappa shape index (κ2) is 8.16. The number of halogens is 1. The van der Waals surface area contributed by atoms with Crippen LogP contribution >= 0.6 is 11.6 Å². The Kier molecular flexibility index (Phi) is 5.90. The van der Waals surface area contributed by atoms with Gasteiger partial charge in [0.2, 0.25) is 11.2 Å². The van der Waals surface area contributed by atoms with Gasteiger partial charge in [-0.1, -0.05) is 50.0 Å². The van der Waals surface area contributed by atoms with E-state index in [-0.39, 0.29) is 5.28 Å². The van der Waals surface area contributed by atoms with Gasteiger partial charge in [0, 0.05) is 14.7 Å². The van der Waals surface area contributed by atoms with Crippen LogP contribution in [0.5, 0.6) is 5.88 Å². The monoisotopic (exact) mass is 390 g/mol. The molecule has 2 heterocycles. The van der Waals surface area contributed by atoms with Crippen LogP contribution in [0.3, 0.4) is 0 Å². The molecule has 2 aromatic heterocycles. The van der Waals surface area contributed by atoms with E-state index in [2.05, 4.69) is 34.6 Å². The molecule has 3 aromatic rings. The van der Waals surface area contributed by atoms with Crippen LogP contribution < -0.4 is 4.74 Å². The van der Waals surface area contributed by atoms with Crippen molar-refractivity contribution in [1.29, 1.82) is 0 Å². The predicted octanol–water partition coefficient (Wildman–Crippen LogP) is 4.37. The number of rotatable bonds is 8. The molecule has 138 valence electrons. The Balaban J connectivity index is 1.71. The number of fused-ring (bicyclic) bond motifs is 1. The number of hydrogen-bond acceptors (Lipinski definition) is 5. The van der Waals surface area contributed by atoms with Crippen molar-refractivity contribution >= 4 is 30.8 Å². The Morgan fingerprint density at radius 1 is 1.12 bits per heavy atom. The van der Waals surface area contributed by atoms with Crippen molar-refractivity contribution in [2.75, 3.05) is 6.61 Å². The van der Waals surface area contributed by atoms with Gasteiger partial charge in [-0.05, 0) is 23.2 Å². The van der Waals surface area contributed by atoms with Gasteiger partial charge in [0.1, 0.15) is 13.3 Å². The van der Waals surface area contributed by atoms with Crippen LogP contribution in [0, 0.1) is 0 Å². The van der Waals surface area contributed by atoms with Crippen LogP contribution in [0.4, 0.5) is 0 Å². The summed E-state index contributed by atoms with van der Waals surface area (Å²) in [6.07, 6.45) is 1.68. The summed E-state index contributed by atoms with van der Waals surface area (Å²) in [5.74, 6) is 0.379. The van der Waals surface area contributed by atoms with Crippen LogP contribution in [0.25, 0.3) is 11.2 Å². The van der Waals surface area contributed by atoms with Gasteiger partial charge >= 0.3 is 0 Å². The maximum Gasteiger partial charge on any atom is 0.247 e. The molecule has 6 nitrogen and oxygen atoms in total. The highest BCUT2D eigenvalue weighted by molar-refractivity contribution is 6.76. The highest BCUT2D eigenvalue weighted by Crippen LogP contribution is 2.24. The molecule has 0 radical (unpaired) electrons. The zero-order chi connectivity index (χ0) is 18.6. The van der Waals surface area contributed by atoms with E-state index < -0.39 is 8.07 Å². The van der Waals surface area contributed by atoms with Gasteiger partial charge in [0.15, 0.2) is 11.2 Å². The lowest BCUT2D eigenvalue weighted by Gasteiger charge is -2.15. The molecule has 0 spiro atoms. The van der Waals surface area contributed by atoms with Crippen LogP contribution in [0.2, 0.25) is 31.0 Å². The lowest BCUT2D eigenvalue weighted by molar-refractivity contribution is 0.0895. The van der Waals surface area contributed by atoms with Gasteiger partial charge in [-0.3, -0.25) is 4.57 Å². The topological polar surface area (TPSA) is 62.1 Å². The highest BCUT2D eigenvalue weighted by Gasteiger charge is 2.15. The SMILES string of the molecule is C[Si](C)(C)CCOCn1cnc2c(OCc3ccccc3)nc(Cl)nc21. The van der Waals surface area contributed by atoms with Crippen LogP contribution in [0.15, 0.2) is 36.7 Å². The van der Waals surface area contributed by atoms with Crippen molar-refractivity contribution in [2.24, 2.45) is 0 Å². The largest absolute Gasteiger partial charge is 0.471 e. The van der Waals surface area contributed by atoms with Crippen molar-refractivity contribution in [1.82, 2.24) is 19.5 Å². The van der Waals surface area contributed by atoms with E-state index in [4.69, 9.17) is 21.1 Å². The fourth-order valence-corrected chi connectivity index (χ4v) is 3.27. The van der Waals surface area contributed by atoms with Crippen LogP contribution in [-0.4, -0.2) is 34.2 Å². The third-order valence-electron chi connectivity index (χ3n) is 3.85. The molecule has 0 N–H and O–H groups in total. The average molecular weight is 391 g/mol. The molecule has 0 unspecified atom stereocenters. The predicted molar refractivity (Wildman–Crippen MR) is 105 cm³/mol. The molecular weight excluding hydrogens is 368 g/mol. The fourth-order valence-electron chi connectivity index (χ4n) is 2.36. The maximum absolute atomic E-state index is 6.08. The molecule has 0 atom stereocenters. The second-order valence-electron chi connectivity index (χ2n) is 7.31. The molecule has 0 aliphatic heterocycles. The number of hydrogen-bond donors (Lipinski definition) is 0. The minimum atomic E-state index is -1.11. The van der Waals surface area contributed by atoms with E-state index in [0.29, 0.717) is 30.4 Å². The minimum Gasteiger partial charge on any atom is -0.471 e. The third kappa shape index (κ3) is 5.03. The van der Waals surface area contributed by atoms with E-state index >= 15 is 0 Å². The summed E-state index contributed by atoms with van der Waals surface area (Å²) in [6, 6.07) is 11.0. The first-order valence-electron chi connectivity index (χ1n) is 8.55. The van der Waals surface area contributed by atoms with Gasteiger partial charge < -0.3 is 9.47 Å². The Morgan fingerprint density at radius 2 is 1.88 bits per heavy atom. The maximum atomic E-state index is 6.08. The first kappa shape index (κ1) is 18.8. The zero-order valence-corrected chi connectivity index (χ0v) is 17.0. The summed E-state index contributed by atoms with van der Waals surface area (Å²) >= 11 is 6.08.